The number of amides is 1. The summed E-state index contributed by atoms with van der Waals surface area (Å²) in [7, 11) is 0. The van der Waals surface area contributed by atoms with Crippen LogP contribution in [0.25, 0.3) is 0 Å². The van der Waals surface area contributed by atoms with Crippen LogP contribution in [0.2, 0.25) is 0 Å². The normalized spacial score (nSPS) is 26.9. The zero-order valence-electron chi connectivity index (χ0n) is 14.5. The molecule has 0 saturated carbocycles. The molecule has 130 valence electrons. The molecule has 4 heteroatoms. The highest BCUT2D eigenvalue weighted by molar-refractivity contribution is 5.77. The van der Waals surface area contributed by atoms with Crippen molar-refractivity contribution in [1.82, 2.24) is 4.90 Å². The average molecular weight is 328 g/mol. The lowest BCUT2D eigenvalue weighted by Gasteiger charge is -2.39. The Morgan fingerprint density at radius 3 is 2.83 bits per heavy atom. The Morgan fingerprint density at radius 1 is 1.08 bits per heavy atom. The molecule has 1 atom stereocenters. The third-order valence-electron chi connectivity index (χ3n) is 6.00. The van der Waals surface area contributed by atoms with E-state index in [2.05, 4.69) is 34.1 Å². The second kappa shape index (κ2) is 6.75. The number of likely N-dealkylation sites (tertiary alicyclic amines) is 1. The summed E-state index contributed by atoms with van der Waals surface area (Å²) in [5.74, 6) is 0.339. The highest BCUT2D eigenvalue weighted by Crippen LogP contribution is 2.38. The molecule has 2 saturated heterocycles. The summed E-state index contributed by atoms with van der Waals surface area (Å²) in [6.07, 6.45) is 6.32. The number of aryl methyl sites for hydroxylation is 1. The van der Waals surface area contributed by atoms with Crippen molar-refractivity contribution in [3.8, 4) is 0 Å². The standard InChI is InChI=1S/C20H28N2O2/c23-19-8-9-20(10-14-24-16-20)15-22(19)13-4-12-21-11-3-6-17-5-1-2-7-18(17)21/h1-2,5,7H,3-4,6,8-16H2/t20-/m0/s1. The lowest BCUT2D eigenvalue weighted by atomic mass is 9.79. The van der Waals surface area contributed by atoms with Gasteiger partial charge in [-0.05, 0) is 43.7 Å². The number of para-hydroxylation sites is 1. The first-order valence-corrected chi connectivity index (χ1v) is 9.44. The van der Waals surface area contributed by atoms with Gasteiger partial charge in [0.25, 0.3) is 0 Å². The predicted octanol–water partition coefficient (Wildman–Crippen LogP) is 2.86. The van der Waals surface area contributed by atoms with Gasteiger partial charge >= 0.3 is 0 Å². The predicted molar refractivity (Wildman–Crippen MR) is 95.3 cm³/mol. The molecule has 0 aromatic heterocycles. The number of nitrogens with zero attached hydrogens (tertiary/aromatic N) is 2. The number of fused-ring (bicyclic) bond motifs is 1. The second-order valence-electron chi connectivity index (χ2n) is 7.69. The minimum absolute atomic E-state index is 0.256. The molecule has 3 aliphatic heterocycles. The van der Waals surface area contributed by atoms with Gasteiger partial charge in [0.2, 0.25) is 5.91 Å². The lowest BCUT2D eigenvalue weighted by Crippen LogP contribution is -2.47. The Balaban J connectivity index is 1.33. The van der Waals surface area contributed by atoms with Crippen LogP contribution in [0, 0.1) is 5.41 Å². The van der Waals surface area contributed by atoms with E-state index in [4.69, 9.17) is 4.74 Å². The van der Waals surface area contributed by atoms with Crippen LogP contribution in [0.15, 0.2) is 24.3 Å². The van der Waals surface area contributed by atoms with E-state index < -0.39 is 0 Å². The first-order chi connectivity index (χ1) is 11.8. The van der Waals surface area contributed by atoms with Gasteiger partial charge in [-0.1, -0.05) is 18.2 Å². The van der Waals surface area contributed by atoms with Gasteiger partial charge in [0.05, 0.1) is 6.61 Å². The van der Waals surface area contributed by atoms with E-state index in [-0.39, 0.29) is 5.41 Å². The van der Waals surface area contributed by atoms with E-state index in [1.807, 2.05) is 0 Å². The van der Waals surface area contributed by atoms with Crippen molar-refractivity contribution in [3.05, 3.63) is 29.8 Å². The fourth-order valence-corrected chi connectivity index (χ4v) is 4.57. The van der Waals surface area contributed by atoms with Crippen molar-refractivity contribution in [2.75, 3.05) is 44.3 Å². The lowest BCUT2D eigenvalue weighted by molar-refractivity contribution is -0.137. The van der Waals surface area contributed by atoms with E-state index in [0.29, 0.717) is 12.3 Å². The van der Waals surface area contributed by atoms with Crippen LogP contribution in [0.4, 0.5) is 5.69 Å². The molecule has 1 amide bonds. The van der Waals surface area contributed by atoms with Gasteiger partial charge in [-0.2, -0.15) is 0 Å². The summed E-state index contributed by atoms with van der Waals surface area (Å²) in [5, 5.41) is 0. The largest absolute Gasteiger partial charge is 0.381 e. The van der Waals surface area contributed by atoms with Gasteiger partial charge in [-0.15, -0.1) is 0 Å². The first-order valence-electron chi connectivity index (χ1n) is 9.44. The second-order valence-corrected chi connectivity index (χ2v) is 7.69. The molecule has 3 aliphatic rings. The fraction of sp³-hybridized carbons (Fsp3) is 0.650. The summed E-state index contributed by atoms with van der Waals surface area (Å²) < 4.78 is 5.61. The van der Waals surface area contributed by atoms with Crippen molar-refractivity contribution >= 4 is 11.6 Å². The van der Waals surface area contributed by atoms with E-state index in [1.165, 1.54) is 24.1 Å². The smallest absolute Gasteiger partial charge is 0.222 e. The molecule has 1 aromatic carbocycles. The molecule has 0 N–H and O–H groups in total. The van der Waals surface area contributed by atoms with Crippen LogP contribution in [-0.2, 0) is 16.0 Å². The van der Waals surface area contributed by atoms with Gasteiger partial charge in [-0.25, -0.2) is 0 Å². The minimum Gasteiger partial charge on any atom is -0.381 e. The Bertz CT molecular complexity index is 595. The Kier molecular flexibility index (Phi) is 4.49. The van der Waals surface area contributed by atoms with Crippen LogP contribution in [0.3, 0.4) is 0 Å². The highest BCUT2D eigenvalue weighted by atomic mass is 16.5. The number of hydrogen-bond acceptors (Lipinski definition) is 3. The van der Waals surface area contributed by atoms with Gasteiger partial charge < -0.3 is 14.5 Å². The topological polar surface area (TPSA) is 32.8 Å². The van der Waals surface area contributed by atoms with Crippen molar-refractivity contribution in [2.24, 2.45) is 5.41 Å². The molecule has 3 heterocycles. The number of piperidine rings is 1. The molecular weight excluding hydrogens is 300 g/mol. The van der Waals surface area contributed by atoms with Gasteiger partial charge in [0.1, 0.15) is 0 Å². The Hall–Kier alpha value is -1.55. The highest BCUT2D eigenvalue weighted by Gasteiger charge is 2.41. The zero-order valence-corrected chi connectivity index (χ0v) is 14.5. The van der Waals surface area contributed by atoms with Crippen LogP contribution in [0.1, 0.15) is 37.7 Å². The number of anilines is 1. The van der Waals surface area contributed by atoms with Gasteiger partial charge in [0, 0.05) is 50.3 Å². The summed E-state index contributed by atoms with van der Waals surface area (Å²) in [6, 6.07) is 8.76. The van der Waals surface area contributed by atoms with Crippen molar-refractivity contribution in [2.45, 2.75) is 38.5 Å². The van der Waals surface area contributed by atoms with Gasteiger partial charge in [-0.3, -0.25) is 4.79 Å². The molecule has 24 heavy (non-hydrogen) atoms. The van der Waals surface area contributed by atoms with Crippen LogP contribution >= 0.6 is 0 Å². The van der Waals surface area contributed by atoms with Crippen molar-refractivity contribution < 1.29 is 9.53 Å². The minimum atomic E-state index is 0.256. The maximum absolute atomic E-state index is 12.3. The maximum Gasteiger partial charge on any atom is 0.222 e. The van der Waals surface area contributed by atoms with Crippen LogP contribution in [0.5, 0.6) is 0 Å². The fourth-order valence-electron chi connectivity index (χ4n) is 4.57. The Labute approximate surface area is 144 Å². The third kappa shape index (κ3) is 3.16. The summed E-state index contributed by atoms with van der Waals surface area (Å²) in [6.45, 7) is 5.69. The maximum atomic E-state index is 12.3. The molecule has 4 rings (SSSR count). The van der Waals surface area contributed by atoms with Crippen molar-refractivity contribution in [1.29, 1.82) is 0 Å². The third-order valence-corrected chi connectivity index (χ3v) is 6.00. The molecule has 0 radical (unpaired) electrons. The molecule has 1 spiro atoms. The van der Waals surface area contributed by atoms with E-state index in [1.54, 1.807) is 0 Å². The molecule has 4 nitrogen and oxygen atoms in total. The SMILES string of the molecule is O=C1CC[C@]2(CCOC2)CN1CCCN1CCCc2ccccc21. The molecule has 2 fully saturated rings. The van der Waals surface area contributed by atoms with E-state index >= 15 is 0 Å². The number of ether oxygens (including phenoxy) is 1. The monoisotopic (exact) mass is 328 g/mol. The number of carbonyl (C=O) groups excluding carboxylic acids is 1. The molecule has 0 unspecified atom stereocenters. The van der Waals surface area contributed by atoms with Crippen LogP contribution in [-0.4, -0.2) is 50.2 Å². The molecule has 0 bridgehead atoms. The number of benzene rings is 1. The number of rotatable bonds is 4. The quantitative estimate of drug-likeness (QED) is 0.852. The summed E-state index contributed by atoms with van der Waals surface area (Å²) in [4.78, 5) is 16.9. The zero-order chi connectivity index (χ0) is 16.4. The summed E-state index contributed by atoms with van der Waals surface area (Å²) in [5.41, 5.74) is 3.13. The molecule has 1 aromatic rings. The van der Waals surface area contributed by atoms with E-state index in [9.17, 15) is 4.79 Å². The van der Waals surface area contributed by atoms with Gasteiger partial charge in [0.15, 0.2) is 0 Å². The number of carbonyl (C=O) groups is 1. The molecule has 0 aliphatic carbocycles. The first kappa shape index (κ1) is 15.9. The Morgan fingerprint density at radius 2 is 1.96 bits per heavy atom. The number of hydrogen-bond donors (Lipinski definition) is 0. The average Bonchev–Trinajstić information content (AvgIpc) is 3.06. The molecular formula is C20H28N2O2. The van der Waals surface area contributed by atoms with E-state index in [0.717, 1.165) is 58.7 Å². The van der Waals surface area contributed by atoms with Crippen LogP contribution < -0.4 is 4.90 Å². The van der Waals surface area contributed by atoms with Crippen molar-refractivity contribution in [3.63, 3.8) is 0 Å². The summed E-state index contributed by atoms with van der Waals surface area (Å²) >= 11 is 0.